The molecule has 0 saturated carbocycles. The van der Waals surface area contributed by atoms with Gasteiger partial charge in [0.25, 0.3) is 21.8 Å². The average molecular weight is 470 g/mol. The molecular formula is C23H27N5O4S. The van der Waals surface area contributed by atoms with Gasteiger partial charge in [0.1, 0.15) is 6.61 Å². The smallest absolute Gasteiger partial charge is 0.272 e. The Morgan fingerprint density at radius 1 is 1.12 bits per heavy atom. The monoisotopic (exact) mass is 469 g/mol. The Labute approximate surface area is 193 Å². The van der Waals surface area contributed by atoms with E-state index < -0.39 is 21.5 Å². The van der Waals surface area contributed by atoms with Crippen LogP contribution in [0.3, 0.4) is 0 Å². The highest BCUT2D eigenvalue weighted by Gasteiger charge is 2.23. The molecule has 3 aromatic rings. The number of benzene rings is 1. The number of nitrogens with zero attached hydrogens (tertiary/aromatic N) is 3. The molecule has 0 aliphatic heterocycles. The van der Waals surface area contributed by atoms with Crippen LogP contribution in [-0.2, 0) is 16.6 Å². The van der Waals surface area contributed by atoms with Crippen molar-refractivity contribution in [3.05, 3.63) is 71.8 Å². The first kappa shape index (κ1) is 24.1. The number of hydrogen-bond donors (Lipinski definition) is 2. The minimum atomic E-state index is -3.95. The van der Waals surface area contributed by atoms with Crippen LogP contribution in [0.4, 0.5) is 5.82 Å². The van der Waals surface area contributed by atoms with Gasteiger partial charge in [0.05, 0.1) is 11.1 Å². The second kappa shape index (κ2) is 9.95. The third-order valence-electron chi connectivity index (χ3n) is 4.97. The Morgan fingerprint density at radius 2 is 1.85 bits per heavy atom. The molecule has 3 rings (SSSR count). The van der Waals surface area contributed by atoms with E-state index in [1.54, 1.807) is 36.7 Å². The van der Waals surface area contributed by atoms with E-state index in [0.29, 0.717) is 6.42 Å². The molecule has 1 aromatic carbocycles. The number of sulfonamides is 1. The van der Waals surface area contributed by atoms with Crippen LogP contribution in [0.25, 0.3) is 0 Å². The predicted octanol–water partition coefficient (Wildman–Crippen LogP) is 3.48. The zero-order chi connectivity index (χ0) is 24.1. The molecule has 2 aromatic heterocycles. The normalized spacial score (nSPS) is 11.6. The number of amides is 1. The van der Waals surface area contributed by atoms with Gasteiger partial charge in [0.15, 0.2) is 5.69 Å². The Kier molecular flexibility index (Phi) is 7.27. The molecule has 0 aliphatic rings. The number of anilines is 1. The molecule has 0 atom stereocenters. The van der Waals surface area contributed by atoms with Gasteiger partial charge in [-0.05, 0) is 45.4 Å². The van der Waals surface area contributed by atoms with Crippen LogP contribution in [0.15, 0.2) is 59.9 Å². The maximum Gasteiger partial charge on any atom is 0.272 e. The number of nitrogens with one attached hydrogen (secondary N) is 2. The summed E-state index contributed by atoms with van der Waals surface area (Å²) in [6.07, 6.45) is 5.17. The largest absolute Gasteiger partial charge is 0.470 e. The van der Waals surface area contributed by atoms with Gasteiger partial charge in [-0.3, -0.25) is 14.5 Å². The summed E-state index contributed by atoms with van der Waals surface area (Å²) in [7, 11) is -3.95. The quantitative estimate of drug-likeness (QED) is 0.492. The second-order valence-corrected chi connectivity index (χ2v) is 9.85. The number of aromatic nitrogens is 3. The molecule has 0 bridgehead atoms. The van der Waals surface area contributed by atoms with Crippen molar-refractivity contribution < 1.29 is 17.9 Å². The number of aryl methyl sites for hydroxylation is 1. The molecule has 0 spiro atoms. The summed E-state index contributed by atoms with van der Waals surface area (Å²) in [5.41, 5.74) is 1.24. The third kappa shape index (κ3) is 6.48. The second-order valence-electron chi connectivity index (χ2n) is 8.17. The molecule has 174 valence electrons. The fourth-order valence-electron chi connectivity index (χ4n) is 2.65. The van der Waals surface area contributed by atoms with Crippen molar-refractivity contribution in [3.63, 3.8) is 0 Å². The van der Waals surface area contributed by atoms with Crippen LogP contribution in [0.2, 0.25) is 0 Å². The topological polar surface area (TPSA) is 123 Å². The summed E-state index contributed by atoms with van der Waals surface area (Å²) in [5, 5.41) is 2.88. The van der Waals surface area contributed by atoms with E-state index in [4.69, 9.17) is 4.74 Å². The molecule has 0 fully saturated rings. The van der Waals surface area contributed by atoms with Gasteiger partial charge in [-0.2, -0.15) is 0 Å². The van der Waals surface area contributed by atoms with Gasteiger partial charge in [0.2, 0.25) is 5.82 Å². The number of carbonyl (C=O) groups excluding carboxylic acids is 1. The molecule has 0 aliphatic carbocycles. The van der Waals surface area contributed by atoms with Gasteiger partial charge in [-0.1, -0.05) is 30.7 Å². The summed E-state index contributed by atoms with van der Waals surface area (Å²) in [6, 6.07) is 9.94. The lowest BCUT2D eigenvalue weighted by molar-refractivity contribution is 0.0904. The highest BCUT2D eigenvalue weighted by Crippen LogP contribution is 2.24. The van der Waals surface area contributed by atoms with Crippen molar-refractivity contribution in [1.82, 2.24) is 20.3 Å². The van der Waals surface area contributed by atoms with Gasteiger partial charge in [0, 0.05) is 23.5 Å². The fourth-order valence-corrected chi connectivity index (χ4v) is 3.66. The van der Waals surface area contributed by atoms with Gasteiger partial charge < -0.3 is 10.1 Å². The molecule has 0 unspecified atom stereocenters. The van der Waals surface area contributed by atoms with Crippen molar-refractivity contribution in [2.75, 3.05) is 4.72 Å². The SMILES string of the molecule is CCC(C)(C)NC(=O)c1cnc(NS(=O)(=O)c2ccc(C)cc2)c(OCc2cccnc2)n1. The number of rotatable bonds is 9. The van der Waals surface area contributed by atoms with E-state index >= 15 is 0 Å². The minimum absolute atomic E-state index is 0.0102. The first-order valence-corrected chi connectivity index (χ1v) is 11.9. The van der Waals surface area contributed by atoms with Crippen LogP contribution in [0.1, 0.15) is 48.8 Å². The zero-order valence-corrected chi connectivity index (χ0v) is 19.8. The summed E-state index contributed by atoms with van der Waals surface area (Å²) in [5.74, 6) is -0.671. The first-order valence-electron chi connectivity index (χ1n) is 10.4. The summed E-state index contributed by atoms with van der Waals surface area (Å²) in [6.45, 7) is 7.67. The van der Waals surface area contributed by atoms with Crippen LogP contribution in [0, 0.1) is 6.92 Å². The van der Waals surface area contributed by atoms with E-state index in [1.165, 1.54) is 18.3 Å². The minimum Gasteiger partial charge on any atom is -0.470 e. The van der Waals surface area contributed by atoms with E-state index in [1.807, 2.05) is 27.7 Å². The number of hydrogen-bond acceptors (Lipinski definition) is 7. The van der Waals surface area contributed by atoms with E-state index in [0.717, 1.165) is 11.1 Å². The lowest BCUT2D eigenvalue weighted by Gasteiger charge is -2.24. The summed E-state index contributed by atoms with van der Waals surface area (Å²) < 4.78 is 33.9. The van der Waals surface area contributed by atoms with Crippen molar-refractivity contribution in [2.45, 2.75) is 51.2 Å². The Hall–Kier alpha value is -3.53. The van der Waals surface area contributed by atoms with Crippen molar-refractivity contribution in [3.8, 4) is 5.88 Å². The van der Waals surface area contributed by atoms with Crippen molar-refractivity contribution >= 4 is 21.7 Å². The molecule has 9 nitrogen and oxygen atoms in total. The maximum atomic E-state index is 12.9. The average Bonchev–Trinajstić information content (AvgIpc) is 2.79. The highest BCUT2D eigenvalue weighted by atomic mass is 32.2. The summed E-state index contributed by atoms with van der Waals surface area (Å²) in [4.78, 5) is 25.2. The molecule has 2 N–H and O–H groups in total. The van der Waals surface area contributed by atoms with Crippen LogP contribution in [-0.4, -0.2) is 34.8 Å². The van der Waals surface area contributed by atoms with Gasteiger partial charge in [-0.15, -0.1) is 0 Å². The number of carbonyl (C=O) groups is 1. The molecule has 1 amide bonds. The fraction of sp³-hybridized carbons (Fsp3) is 0.304. The van der Waals surface area contributed by atoms with E-state index in [9.17, 15) is 13.2 Å². The van der Waals surface area contributed by atoms with Crippen LogP contribution in [0.5, 0.6) is 5.88 Å². The molecule has 10 heteroatoms. The lowest BCUT2D eigenvalue weighted by atomic mass is 10.0. The molecule has 0 saturated heterocycles. The molecule has 2 heterocycles. The van der Waals surface area contributed by atoms with Gasteiger partial charge >= 0.3 is 0 Å². The molecule has 33 heavy (non-hydrogen) atoms. The van der Waals surface area contributed by atoms with E-state index in [-0.39, 0.29) is 28.9 Å². The maximum absolute atomic E-state index is 12.9. The Morgan fingerprint density at radius 3 is 2.48 bits per heavy atom. The lowest BCUT2D eigenvalue weighted by Crippen LogP contribution is -2.43. The number of ether oxygens (including phenoxy) is 1. The highest BCUT2D eigenvalue weighted by molar-refractivity contribution is 7.92. The standard InChI is InChI=1S/C23H27N5O4S/c1-5-23(3,4)27-21(29)19-14-25-20(22(26-19)32-15-17-7-6-12-24-13-17)28-33(30,31)18-10-8-16(2)9-11-18/h6-14H,5,15H2,1-4H3,(H,25,28)(H,27,29). The van der Waals surface area contributed by atoms with E-state index in [2.05, 4.69) is 25.0 Å². The Balaban J connectivity index is 1.92. The van der Waals surface area contributed by atoms with Gasteiger partial charge in [-0.25, -0.2) is 18.4 Å². The first-order chi connectivity index (χ1) is 15.6. The van der Waals surface area contributed by atoms with Crippen molar-refractivity contribution in [2.24, 2.45) is 0 Å². The third-order valence-corrected chi connectivity index (χ3v) is 6.32. The van der Waals surface area contributed by atoms with Crippen LogP contribution >= 0.6 is 0 Å². The van der Waals surface area contributed by atoms with Crippen LogP contribution < -0.4 is 14.8 Å². The summed E-state index contributed by atoms with van der Waals surface area (Å²) >= 11 is 0. The predicted molar refractivity (Wildman–Crippen MR) is 124 cm³/mol. The zero-order valence-electron chi connectivity index (χ0n) is 19.0. The van der Waals surface area contributed by atoms with Crippen molar-refractivity contribution in [1.29, 1.82) is 0 Å². The number of pyridine rings is 1. The Bertz CT molecular complexity index is 1210. The molecular weight excluding hydrogens is 442 g/mol. The molecule has 0 radical (unpaired) electrons.